The molecule has 0 saturated heterocycles. The fraction of sp³-hybridized carbons (Fsp3) is 0.105. The number of aromatic nitrogens is 1. The standard InChI is InChI=1S/C19H16N4OS2/c1-25-16-8-4-14(5-9-16)17-12-26-19(22-17)23-18(24)11-21-15-6-2-13(10-20)3-7-15/h2-9,12,21H,11H2,1H3,(H,22,23,24). The highest BCUT2D eigenvalue weighted by molar-refractivity contribution is 7.98. The molecule has 2 N–H and O–H groups in total. The van der Waals surface area contributed by atoms with Crippen molar-refractivity contribution in [3.05, 3.63) is 59.5 Å². The zero-order chi connectivity index (χ0) is 18.4. The molecule has 7 heteroatoms. The van der Waals surface area contributed by atoms with Crippen molar-refractivity contribution in [3.8, 4) is 17.3 Å². The summed E-state index contributed by atoms with van der Waals surface area (Å²) in [6.45, 7) is 0.128. The van der Waals surface area contributed by atoms with E-state index >= 15 is 0 Å². The van der Waals surface area contributed by atoms with Gasteiger partial charge in [0.1, 0.15) is 0 Å². The van der Waals surface area contributed by atoms with Gasteiger partial charge in [-0.05, 0) is 42.7 Å². The topological polar surface area (TPSA) is 77.8 Å². The highest BCUT2D eigenvalue weighted by Crippen LogP contribution is 2.26. The maximum absolute atomic E-state index is 12.1. The highest BCUT2D eigenvalue weighted by atomic mass is 32.2. The van der Waals surface area contributed by atoms with Gasteiger partial charge in [0.25, 0.3) is 0 Å². The molecule has 0 aliphatic heterocycles. The molecule has 0 aliphatic carbocycles. The molecule has 0 bridgehead atoms. The van der Waals surface area contributed by atoms with Gasteiger partial charge in [-0.1, -0.05) is 12.1 Å². The zero-order valence-corrected chi connectivity index (χ0v) is 15.7. The second-order valence-electron chi connectivity index (χ2n) is 5.36. The van der Waals surface area contributed by atoms with Gasteiger partial charge < -0.3 is 10.6 Å². The Hall–Kier alpha value is -2.82. The summed E-state index contributed by atoms with van der Waals surface area (Å²) in [6.07, 6.45) is 2.04. The summed E-state index contributed by atoms with van der Waals surface area (Å²) < 4.78 is 0. The Balaban J connectivity index is 1.56. The third-order valence-electron chi connectivity index (χ3n) is 3.60. The third kappa shape index (κ3) is 4.63. The number of benzene rings is 2. The van der Waals surface area contributed by atoms with Crippen LogP contribution in [0.1, 0.15) is 5.56 Å². The lowest BCUT2D eigenvalue weighted by Gasteiger charge is -2.06. The zero-order valence-electron chi connectivity index (χ0n) is 14.0. The van der Waals surface area contributed by atoms with Gasteiger partial charge in [0, 0.05) is 21.5 Å². The Morgan fingerprint density at radius 2 is 1.92 bits per heavy atom. The van der Waals surface area contributed by atoms with Gasteiger partial charge in [0.2, 0.25) is 5.91 Å². The fourth-order valence-electron chi connectivity index (χ4n) is 2.23. The van der Waals surface area contributed by atoms with Crippen LogP contribution in [0.4, 0.5) is 10.8 Å². The van der Waals surface area contributed by atoms with Gasteiger partial charge in [0.15, 0.2) is 5.13 Å². The van der Waals surface area contributed by atoms with Crippen molar-refractivity contribution >= 4 is 39.8 Å². The summed E-state index contributed by atoms with van der Waals surface area (Å²) in [5.41, 5.74) is 3.24. The van der Waals surface area contributed by atoms with Crippen molar-refractivity contribution in [3.63, 3.8) is 0 Å². The minimum Gasteiger partial charge on any atom is -0.376 e. The highest BCUT2D eigenvalue weighted by Gasteiger charge is 2.08. The van der Waals surface area contributed by atoms with E-state index in [-0.39, 0.29) is 12.5 Å². The van der Waals surface area contributed by atoms with Crippen molar-refractivity contribution in [2.75, 3.05) is 23.4 Å². The number of anilines is 2. The Morgan fingerprint density at radius 3 is 2.58 bits per heavy atom. The van der Waals surface area contributed by atoms with Gasteiger partial charge in [-0.2, -0.15) is 5.26 Å². The first-order chi connectivity index (χ1) is 12.7. The molecule has 1 heterocycles. The number of nitriles is 1. The summed E-state index contributed by atoms with van der Waals surface area (Å²) in [5.74, 6) is -0.173. The molecular formula is C19H16N4OS2. The summed E-state index contributed by atoms with van der Waals surface area (Å²) in [6, 6.07) is 17.2. The number of nitrogens with one attached hydrogen (secondary N) is 2. The summed E-state index contributed by atoms with van der Waals surface area (Å²) in [5, 5.41) is 17.1. The van der Waals surface area contributed by atoms with E-state index in [1.165, 1.54) is 16.2 Å². The van der Waals surface area contributed by atoms with E-state index in [1.54, 1.807) is 36.0 Å². The van der Waals surface area contributed by atoms with Crippen molar-refractivity contribution < 1.29 is 4.79 Å². The van der Waals surface area contributed by atoms with Gasteiger partial charge in [-0.25, -0.2) is 4.98 Å². The Morgan fingerprint density at radius 1 is 1.19 bits per heavy atom. The van der Waals surface area contributed by atoms with E-state index in [1.807, 2.05) is 23.8 Å². The SMILES string of the molecule is CSc1ccc(-c2csc(NC(=O)CNc3ccc(C#N)cc3)n2)cc1. The predicted octanol–water partition coefficient (Wildman–Crippen LogP) is 4.45. The maximum atomic E-state index is 12.1. The molecule has 3 aromatic rings. The lowest BCUT2D eigenvalue weighted by molar-refractivity contribution is -0.114. The summed E-state index contributed by atoms with van der Waals surface area (Å²) >= 11 is 3.09. The first-order valence-electron chi connectivity index (χ1n) is 7.82. The summed E-state index contributed by atoms with van der Waals surface area (Å²) in [4.78, 5) is 17.7. The molecule has 5 nitrogen and oxygen atoms in total. The average molecular weight is 380 g/mol. The van der Waals surface area contributed by atoms with Gasteiger partial charge in [-0.15, -0.1) is 23.1 Å². The summed E-state index contributed by atoms with van der Waals surface area (Å²) in [7, 11) is 0. The minimum atomic E-state index is -0.173. The number of nitrogens with zero attached hydrogens (tertiary/aromatic N) is 2. The van der Waals surface area contributed by atoms with Crippen molar-refractivity contribution in [2.24, 2.45) is 0 Å². The molecular weight excluding hydrogens is 364 g/mol. The van der Waals surface area contributed by atoms with E-state index < -0.39 is 0 Å². The van der Waals surface area contributed by atoms with Crippen molar-refractivity contribution in [2.45, 2.75) is 4.90 Å². The molecule has 26 heavy (non-hydrogen) atoms. The van der Waals surface area contributed by atoms with Crippen LogP contribution in [0.15, 0.2) is 58.8 Å². The van der Waals surface area contributed by atoms with Crippen molar-refractivity contribution in [1.29, 1.82) is 5.26 Å². The average Bonchev–Trinajstić information content (AvgIpc) is 3.15. The second-order valence-corrected chi connectivity index (χ2v) is 7.10. The van der Waals surface area contributed by atoms with Crippen LogP contribution in [0.2, 0.25) is 0 Å². The van der Waals surface area contributed by atoms with Crippen LogP contribution in [-0.2, 0) is 4.79 Å². The maximum Gasteiger partial charge on any atom is 0.245 e. The number of carbonyl (C=O) groups excluding carboxylic acids is 1. The van der Waals surface area contributed by atoms with E-state index in [4.69, 9.17) is 5.26 Å². The number of hydrogen-bond donors (Lipinski definition) is 2. The number of carbonyl (C=O) groups is 1. The van der Waals surface area contributed by atoms with Crippen LogP contribution >= 0.6 is 23.1 Å². The lowest BCUT2D eigenvalue weighted by Crippen LogP contribution is -2.21. The molecule has 1 amide bonds. The van der Waals surface area contributed by atoms with Crippen molar-refractivity contribution in [1.82, 2.24) is 4.98 Å². The molecule has 0 unspecified atom stereocenters. The molecule has 2 aromatic carbocycles. The smallest absolute Gasteiger partial charge is 0.245 e. The molecule has 0 spiro atoms. The number of hydrogen-bond acceptors (Lipinski definition) is 6. The van der Waals surface area contributed by atoms with Crippen LogP contribution in [0.5, 0.6) is 0 Å². The molecule has 0 aliphatic rings. The van der Waals surface area contributed by atoms with E-state index in [0.29, 0.717) is 10.7 Å². The molecule has 0 radical (unpaired) electrons. The molecule has 0 fully saturated rings. The minimum absolute atomic E-state index is 0.128. The molecule has 3 rings (SSSR count). The normalized spacial score (nSPS) is 10.2. The van der Waals surface area contributed by atoms with Gasteiger partial charge in [0.05, 0.1) is 23.9 Å². The van der Waals surface area contributed by atoms with Crippen LogP contribution in [0, 0.1) is 11.3 Å². The van der Waals surface area contributed by atoms with Crippen LogP contribution in [-0.4, -0.2) is 23.7 Å². The van der Waals surface area contributed by atoms with E-state index in [0.717, 1.165) is 16.9 Å². The quantitative estimate of drug-likeness (QED) is 0.618. The number of amides is 1. The number of thiazole rings is 1. The number of thioether (sulfide) groups is 1. The molecule has 1 aromatic heterocycles. The Kier molecular flexibility index (Phi) is 5.89. The molecule has 0 saturated carbocycles. The Labute approximate surface area is 160 Å². The predicted molar refractivity (Wildman–Crippen MR) is 108 cm³/mol. The van der Waals surface area contributed by atoms with Gasteiger partial charge in [-0.3, -0.25) is 4.79 Å². The first kappa shape index (κ1) is 18.0. The molecule has 130 valence electrons. The van der Waals surface area contributed by atoms with Gasteiger partial charge >= 0.3 is 0 Å². The van der Waals surface area contributed by atoms with Crippen LogP contribution < -0.4 is 10.6 Å². The van der Waals surface area contributed by atoms with E-state index in [2.05, 4.69) is 33.8 Å². The first-order valence-corrected chi connectivity index (χ1v) is 9.92. The lowest BCUT2D eigenvalue weighted by atomic mass is 10.2. The van der Waals surface area contributed by atoms with Crippen LogP contribution in [0.3, 0.4) is 0 Å². The largest absolute Gasteiger partial charge is 0.376 e. The van der Waals surface area contributed by atoms with E-state index in [9.17, 15) is 4.79 Å². The molecule has 0 atom stereocenters. The second kappa shape index (κ2) is 8.52. The fourth-order valence-corrected chi connectivity index (χ4v) is 3.38. The monoisotopic (exact) mass is 380 g/mol. The Bertz CT molecular complexity index is 927. The third-order valence-corrected chi connectivity index (χ3v) is 5.10. The number of rotatable bonds is 6. The van der Waals surface area contributed by atoms with Crippen LogP contribution in [0.25, 0.3) is 11.3 Å².